The molecule has 8 heteroatoms. The fourth-order valence-corrected chi connectivity index (χ4v) is 5.37. The maximum absolute atomic E-state index is 13.8. The highest BCUT2D eigenvalue weighted by atomic mass is 35.5. The van der Waals surface area contributed by atoms with Crippen LogP contribution < -0.4 is 10.1 Å². The molecule has 0 bridgehead atoms. The van der Waals surface area contributed by atoms with Crippen molar-refractivity contribution in [3.63, 3.8) is 0 Å². The van der Waals surface area contributed by atoms with Gasteiger partial charge in [-0.25, -0.2) is 13.8 Å². The van der Waals surface area contributed by atoms with Gasteiger partial charge >= 0.3 is 0 Å². The number of fused-ring (bicyclic) bond motifs is 1. The second-order valence-corrected chi connectivity index (χ2v) is 9.69. The summed E-state index contributed by atoms with van der Waals surface area (Å²) >= 11 is 14.0. The minimum Gasteiger partial charge on any atom is -0.493 e. The highest BCUT2D eigenvalue weighted by Gasteiger charge is 2.18. The Kier molecular flexibility index (Phi) is 6.23. The molecule has 168 valence electrons. The summed E-state index contributed by atoms with van der Waals surface area (Å²) in [7, 11) is 0. The summed E-state index contributed by atoms with van der Waals surface area (Å²) < 4.78 is 33.1. The van der Waals surface area contributed by atoms with Gasteiger partial charge in [-0.3, -0.25) is 0 Å². The van der Waals surface area contributed by atoms with E-state index in [2.05, 4.69) is 11.4 Å². The molecule has 0 saturated heterocycles. The van der Waals surface area contributed by atoms with Crippen molar-refractivity contribution in [1.82, 2.24) is 4.98 Å². The summed E-state index contributed by atoms with van der Waals surface area (Å²) in [6.45, 7) is 1.30. The number of nitrogens with zero attached hydrogens (tertiary/aromatic N) is 1. The van der Waals surface area contributed by atoms with E-state index < -0.39 is 11.6 Å². The fourth-order valence-electron chi connectivity index (χ4n) is 3.87. The van der Waals surface area contributed by atoms with Gasteiger partial charge in [0.2, 0.25) is 0 Å². The van der Waals surface area contributed by atoms with E-state index in [0.29, 0.717) is 51.6 Å². The molecule has 1 aliphatic heterocycles. The highest BCUT2D eigenvalue weighted by Crippen LogP contribution is 2.38. The molecule has 0 amide bonds. The summed E-state index contributed by atoms with van der Waals surface area (Å²) in [5.74, 6) is -0.281. The van der Waals surface area contributed by atoms with Crippen molar-refractivity contribution in [2.24, 2.45) is 0 Å². The Labute approximate surface area is 204 Å². The standard InChI is InChI=1S/C25H18Cl2F2N2OS/c26-17-2-3-20(21(27)11-17)24-23(10-15-8-18(28)12-19(29)9-15)33-25(31-24)30-13-14-1-4-22-16(7-14)5-6-32-22/h1-4,7-9,11-12H,5-6,10,13H2,(H,30,31). The van der Waals surface area contributed by atoms with Gasteiger partial charge in [0.25, 0.3) is 0 Å². The molecule has 1 aliphatic rings. The normalized spacial score (nSPS) is 12.5. The quantitative estimate of drug-likeness (QED) is 0.295. The van der Waals surface area contributed by atoms with E-state index in [4.69, 9.17) is 32.9 Å². The smallest absolute Gasteiger partial charge is 0.183 e. The van der Waals surface area contributed by atoms with Crippen LogP contribution in [0.5, 0.6) is 5.75 Å². The summed E-state index contributed by atoms with van der Waals surface area (Å²) in [6.07, 6.45) is 1.23. The van der Waals surface area contributed by atoms with E-state index in [9.17, 15) is 8.78 Å². The van der Waals surface area contributed by atoms with E-state index in [1.165, 1.54) is 29.0 Å². The Morgan fingerprint density at radius 2 is 1.79 bits per heavy atom. The lowest BCUT2D eigenvalue weighted by atomic mass is 10.1. The van der Waals surface area contributed by atoms with Gasteiger partial charge in [-0.05, 0) is 53.1 Å². The maximum atomic E-state index is 13.8. The van der Waals surface area contributed by atoms with Crippen molar-refractivity contribution < 1.29 is 13.5 Å². The molecule has 3 nitrogen and oxygen atoms in total. The van der Waals surface area contributed by atoms with Crippen molar-refractivity contribution in [2.75, 3.05) is 11.9 Å². The van der Waals surface area contributed by atoms with Gasteiger partial charge in [0, 0.05) is 40.9 Å². The molecular formula is C25H18Cl2F2N2OS. The number of nitrogens with one attached hydrogen (secondary N) is 1. The van der Waals surface area contributed by atoms with Gasteiger partial charge < -0.3 is 10.1 Å². The first-order valence-corrected chi connectivity index (χ1v) is 11.9. The molecule has 5 rings (SSSR count). The summed E-state index contributed by atoms with van der Waals surface area (Å²) in [4.78, 5) is 5.61. The zero-order valence-corrected chi connectivity index (χ0v) is 19.6. The van der Waals surface area contributed by atoms with Crippen LogP contribution in [-0.2, 0) is 19.4 Å². The number of hydrogen-bond donors (Lipinski definition) is 1. The predicted octanol–water partition coefficient (Wildman–Crippen LogP) is 7.53. The summed E-state index contributed by atoms with van der Waals surface area (Å²) in [6, 6.07) is 14.9. The van der Waals surface area contributed by atoms with Crippen LogP contribution >= 0.6 is 34.5 Å². The van der Waals surface area contributed by atoms with Gasteiger partial charge in [0.1, 0.15) is 17.4 Å². The van der Waals surface area contributed by atoms with E-state index in [1.54, 1.807) is 18.2 Å². The number of benzene rings is 3. The van der Waals surface area contributed by atoms with Crippen LogP contribution in [0.4, 0.5) is 13.9 Å². The molecule has 0 unspecified atom stereocenters. The second-order valence-electron chi connectivity index (χ2n) is 7.76. The molecule has 0 saturated carbocycles. The Morgan fingerprint density at radius 1 is 0.970 bits per heavy atom. The Morgan fingerprint density at radius 3 is 2.58 bits per heavy atom. The molecule has 1 aromatic heterocycles. The fraction of sp³-hybridized carbons (Fsp3) is 0.160. The average Bonchev–Trinajstić information content (AvgIpc) is 3.38. The van der Waals surface area contributed by atoms with Gasteiger partial charge in [-0.15, -0.1) is 11.3 Å². The first-order valence-electron chi connectivity index (χ1n) is 10.3. The lowest BCUT2D eigenvalue weighted by Gasteiger charge is -2.06. The largest absolute Gasteiger partial charge is 0.493 e. The number of rotatable bonds is 6. The topological polar surface area (TPSA) is 34.1 Å². The van der Waals surface area contributed by atoms with Crippen molar-refractivity contribution >= 4 is 39.7 Å². The Hall–Kier alpha value is -2.67. The number of halogens is 4. The number of aromatic nitrogens is 1. The highest BCUT2D eigenvalue weighted by molar-refractivity contribution is 7.16. The van der Waals surface area contributed by atoms with E-state index in [-0.39, 0.29) is 0 Å². The Balaban J connectivity index is 1.45. The molecule has 0 aliphatic carbocycles. The van der Waals surface area contributed by atoms with Crippen LogP contribution in [0.1, 0.15) is 21.6 Å². The average molecular weight is 503 g/mol. The van der Waals surface area contributed by atoms with Gasteiger partial charge in [-0.1, -0.05) is 35.3 Å². The van der Waals surface area contributed by atoms with Crippen molar-refractivity contribution in [3.8, 4) is 17.0 Å². The lowest BCUT2D eigenvalue weighted by Crippen LogP contribution is -1.99. The van der Waals surface area contributed by atoms with Crippen LogP contribution in [0.3, 0.4) is 0 Å². The molecule has 0 atom stereocenters. The van der Waals surface area contributed by atoms with Crippen LogP contribution in [0.25, 0.3) is 11.3 Å². The van der Waals surface area contributed by atoms with Crippen molar-refractivity contribution in [2.45, 2.75) is 19.4 Å². The zero-order valence-electron chi connectivity index (χ0n) is 17.3. The van der Waals surface area contributed by atoms with Gasteiger partial charge in [-0.2, -0.15) is 0 Å². The number of hydrogen-bond acceptors (Lipinski definition) is 4. The third kappa shape index (κ3) is 4.98. The number of ether oxygens (including phenoxy) is 1. The van der Waals surface area contributed by atoms with Crippen LogP contribution in [0, 0.1) is 11.6 Å². The van der Waals surface area contributed by atoms with Crippen molar-refractivity contribution in [1.29, 1.82) is 0 Å². The molecule has 1 N–H and O–H groups in total. The molecule has 0 radical (unpaired) electrons. The third-order valence-corrected chi connectivity index (χ3v) is 6.93. The number of thiazole rings is 1. The van der Waals surface area contributed by atoms with Crippen molar-refractivity contribution in [3.05, 3.63) is 97.8 Å². The van der Waals surface area contributed by atoms with Gasteiger partial charge in [0.15, 0.2) is 5.13 Å². The number of anilines is 1. The SMILES string of the molecule is Fc1cc(F)cc(Cc2sc(NCc3ccc4c(c3)CCO4)nc2-c2ccc(Cl)cc2Cl)c1. The van der Waals surface area contributed by atoms with Crippen LogP contribution in [0.15, 0.2) is 54.6 Å². The third-order valence-electron chi connectivity index (χ3n) is 5.37. The van der Waals surface area contributed by atoms with E-state index in [1.807, 2.05) is 12.1 Å². The second kappa shape index (κ2) is 9.29. The van der Waals surface area contributed by atoms with E-state index in [0.717, 1.165) is 28.7 Å². The molecular weight excluding hydrogens is 485 g/mol. The minimum absolute atomic E-state index is 0.318. The lowest BCUT2D eigenvalue weighted by molar-refractivity contribution is 0.357. The monoisotopic (exact) mass is 502 g/mol. The maximum Gasteiger partial charge on any atom is 0.183 e. The van der Waals surface area contributed by atoms with Gasteiger partial charge in [0.05, 0.1) is 17.3 Å². The molecule has 33 heavy (non-hydrogen) atoms. The molecule has 0 spiro atoms. The van der Waals surface area contributed by atoms with Crippen LogP contribution in [-0.4, -0.2) is 11.6 Å². The molecule has 3 aromatic carbocycles. The zero-order chi connectivity index (χ0) is 22.9. The molecule has 2 heterocycles. The summed E-state index contributed by atoms with van der Waals surface area (Å²) in [5, 5.41) is 5.05. The Bertz CT molecular complexity index is 1320. The summed E-state index contributed by atoms with van der Waals surface area (Å²) in [5.41, 5.74) is 4.22. The van der Waals surface area contributed by atoms with Crippen LogP contribution in [0.2, 0.25) is 10.0 Å². The first-order chi connectivity index (χ1) is 15.9. The molecule has 4 aromatic rings. The predicted molar refractivity (Wildman–Crippen MR) is 130 cm³/mol. The minimum atomic E-state index is -0.612. The molecule has 0 fully saturated rings. The van der Waals surface area contributed by atoms with E-state index >= 15 is 0 Å². The first kappa shape index (κ1) is 22.1.